The van der Waals surface area contributed by atoms with Crippen LogP contribution < -0.4 is 0 Å². The summed E-state index contributed by atoms with van der Waals surface area (Å²) in [6, 6.07) is 17.9. The summed E-state index contributed by atoms with van der Waals surface area (Å²) in [7, 11) is 0. The minimum Gasteiger partial charge on any atom is -0.507 e. The number of phenolic OH excluding ortho intramolecular Hbond substituents is 1. The topological polar surface area (TPSA) is 20.2 Å². The number of aromatic hydroxyl groups is 1. The molecule has 1 N–H and O–H groups in total. The van der Waals surface area contributed by atoms with Gasteiger partial charge in [0.15, 0.2) is 0 Å². The quantitative estimate of drug-likeness (QED) is 0.286. The second-order valence-corrected chi connectivity index (χ2v) is 13.5. The predicted molar refractivity (Wildman–Crippen MR) is 148 cm³/mol. The number of hydrogen-bond acceptors (Lipinski definition) is 3. The summed E-state index contributed by atoms with van der Waals surface area (Å²) >= 11 is 3.51. The molecule has 1 spiro atoms. The molecule has 0 amide bonds. The number of rotatable bonds is 2. The van der Waals surface area contributed by atoms with Crippen molar-refractivity contribution in [1.29, 1.82) is 0 Å². The molecule has 0 bridgehead atoms. The van der Waals surface area contributed by atoms with Gasteiger partial charge < -0.3 is 5.11 Å². The highest BCUT2D eigenvalue weighted by atomic mass is 32.2. The number of benzene rings is 3. The molecule has 3 aromatic carbocycles. The Morgan fingerprint density at radius 3 is 2.24 bits per heavy atom. The lowest BCUT2D eigenvalue weighted by Crippen LogP contribution is -2.43. The van der Waals surface area contributed by atoms with E-state index in [0.29, 0.717) is 5.75 Å². The van der Waals surface area contributed by atoms with Gasteiger partial charge in [-0.3, -0.25) is 0 Å². The summed E-state index contributed by atoms with van der Waals surface area (Å²) in [4.78, 5) is 1.27. The molecular weight excluding hydrogens is 452 g/mol. The molecule has 1 nitrogen and oxygen atoms in total. The first kappa shape index (κ1) is 22.2. The van der Waals surface area contributed by atoms with Crippen molar-refractivity contribution in [3.05, 3.63) is 70.4 Å². The van der Waals surface area contributed by atoms with E-state index in [4.69, 9.17) is 0 Å². The zero-order chi connectivity index (χ0) is 23.9. The first-order chi connectivity index (χ1) is 16.1. The van der Waals surface area contributed by atoms with Gasteiger partial charge in [0.1, 0.15) is 5.75 Å². The standard InChI is InChI=1S/C31H32OS2/c1-29(2)16-30(3,4)18-31(17-29)24-9-7-6-8-20(24)28-23-13-27(33-5)21(19-10-11-34-15-19)12-22(23)26(32)14-25(28)31/h6-15,32H,16-18H2,1-5H3. The summed E-state index contributed by atoms with van der Waals surface area (Å²) in [5.41, 5.74) is 8.30. The Bertz CT molecular complexity index is 1410. The third-order valence-electron chi connectivity index (χ3n) is 8.01. The average molecular weight is 485 g/mol. The van der Waals surface area contributed by atoms with Crippen LogP contribution >= 0.6 is 23.1 Å². The number of thioether (sulfide) groups is 1. The lowest BCUT2D eigenvalue weighted by Gasteiger charge is -2.51. The Labute approximate surface area is 211 Å². The van der Waals surface area contributed by atoms with E-state index in [0.717, 1.165) is 18.2 Å². The highest BCUT2D eigenvalue weighted by Crippen LogP contribution is 2.64. The Balaban J connectivity index is 1.70. The average Bonchev–Trinajstić information content (AvgIpc) is 3.38. The third-order valence-corrected chi connectivity index (χ3v) is 9.47. The fourth-order valence-electron chi connectivity index (χ4n) is 7.67. The van der Waals surface area contributed by atoms with Crippen LogP contribution in [0.15, 0.2) is 64.2 Å². The molecule has 3 heteroatoms. The van der Waals surface area contributed by atoms with Crippen LogP contribution in [0.3, 0.4) is 0 Å². The van der Waals surface area contributed by atoms with Crippen molar-refractivity contribution >= 4 is 33.9 Å². The molecule has 1 aromatic heterocycles. The summed E-state index contributed by atoms with van der Waals surface area (Å²) in [5, 5.41) is 17.9. The molecular formula is C31H32OS2. The van der Waals surface area contributed by atoms with Gasteiger partial charge in [0.2, 0.25) is 0 Å². The normalized spacial score (nSPS) is 19.3. The number of fused-ring (bicyclic) bond motifs is 7. The molecule has 6 rings (SSSR count). The third kappa shape index (κ3) is 3.20. The number of phenols is 1. The maximum atomic E-state index is 11.5. The zero-order valence-electron chi connectivity index (χ0n) is 20.7. The van der Waals surface area contributed by atoms with Gasteiger partial charge in [0.25, 0.3) is 0 Å². The van der Waals surface area contributed by atoms with Crippen LogP contribution in [0.1, 0.15) is 58.1 Å². The predicted octanol–water partition coefficient (Wildman–Crippen LogP) is 9.50. The monoisotopic (exact) mass is 484 g/mol. The minimum absolute atomic E-state index is 0.0611. The Kier molecular flexibility index (Phi) is 4.83. The van der Waals surface area contributed by atoms with Crippen molar-refractivity contribution in [3.8, 4) is 28.0 Å². The van der Waals surface area contributed by atoms with E-state index in [2.05, 4.69) is 93.2 Å². The molecule has 34 heavy (non-hydrogen) atoms. The van der Waals surface area contributed by atoms with Crippen molar-refractivity contribution < 1.29 is 5.11 Å². The first-order valence-corrected chi connectivity index (χ1v) is 14.3. The van der Waals surface area contributed by atoms with Crippen molar-refractivity contribution in [1.82, 2.24) is 0 Å². The molecule has 1 fully saturated rings. The van der Waals surface area contributed by atoms with Crippen LogP contribution in [0.25, 0.3) is 33.0 Å². The van der Waals surface area contributed by atoms with Crippen LogP contribution in [-0.4, -0.2) is 11.4 Å². The maximum absolute atomic E-state index is 11.5. The van der Waals surface area contributed by atoms with Crippen LogP contribution in [-0.2, 0) is 5.41 Å². The van der Waals surface area contributed by atoms with Gasteiger partial charge in [-0.2, -0.15) is 11.3 Å². The molecule has 0 unspecified atom stereocenters. The van der Waals surface area contributed by atoms with Gasteiger partial charge in [-0.05, 0) is 110 Å². The molecule has 174 valence electrons. The molecule has 0 radical (unpaired) electrons. The molecule has 2 aliphatic rings. The fourth-order valence-corrected chi connectivity index (χ4v) is 8.96. The largest absolute Gasteiger partial charge is 0.507 e. The molecule has 0 aliphatic heterocycles. The summed E-state index contributed by atoms with van der Waals surface area (Å²) < 4.78 is 0. The molecule has 1 heterocycles. The Morgan fingerprint density at radius 1 is 0.824 bits per heavy atom. The Hall–Kier alpha value is -2.23. The van der Waals surface area contributed by atoms with Crippen LogP contribution in [0.2, 0.25) is 0 Å². The summed E-state index contributed by atoms with van der Waals surface area (Å²) in [6.45, 7) is 9.71. The van der Waals surface area contributed by atoms with Crippen LogP contribution in [0.5, 0.6) is 5.75 Å². The highest BCUT2D eigenvalue weighted by Gasteiger charge is 2.53. The lowest BCUT2D eigenvalue weighted by molar-refractivity contribution is 0.0645. The molecule has 0 atom stereocenters. The Morgan fingerprint density at radius 2 is 1.56 bits per heavy atom. The van der Waals surface area contributed by atoms with Crippen LogP contribution in [0.4, 0.5) is 0 Å². The molecule has 2 aliphatic carbocycles. The van der Waals surface area contributed by atoms with Gasteiger partial charge in [0, 0.05) is 15.7 Å². The van der Waals surface area contributed by atoms with Gasteiger partial charge in [-0.25, -0.2) is 0 Å². The molecule has 4 aromatic rings. The molecule has 0 saturated heterocycles. The van der Waals surface area contributed by atoms with Crippen molar-refractivity contribution in [2.24, 2.45) is 10.8 Å². The second kappa shape index (κ2) is 7.38. The van der Waals surface area contributed by atoms with E-state index in [1.54, 1.807) is 23.1 Å². The lowest BCUT2D eigenvalue weighted by atomic mass is 9.52. The summed E-state index contributed by atoms with van der Waals surface area (Å²) in [5.74, 6) is 0.409. The van der Waals surface area contributed by atoms with E-state index < -0.39 is 0 Å². The van der Waals surface area contributed by atoms with Gasteiger partial charge in [0.05, 0.1) is 0 Å². The van der Waals surface area contributed by atoms with Gasteiger partial charge in [-0.15, -0.1) is 11.8 Å². The van der Waals surface area contributed by atoms with Crippen molar-refractivity contribution in [3.63, 3.8) is 0 Å². The SMILES string of the molecule is CSc1cc2c3c(cc(O)c2cc1-c1ccsc1)C1(CC(C)(C)CC(C)(C)C1)c1ccccc1-3. The van der Waals surface area contributed by atoms with Crippen molar-refractivity contribution in [2.75, 3.05) is 6.26 Å². The maximum Gasteiger partial charge on any atom is 0.123 e. The van der Waals surface area contributed by atoms with Gasteiger partial charge >= 0.3 is 0 Å². The smallest absolute Gasteiger partial charge is 0.123 e. The second-order valence-electron chi connectivity index (χ2n) is 11.9. The van der Waals surface area contributed by atoms with Crippen molar-refractivity contribution in [2.45, 2.75) is 57.3 Å². The zero-order valence-corrected chi connectivity index (χ0v) is 22.3. The van der Waals surface area contributed by atoms with E-state index in [9.17, 15) is 5.11 Å². The van der Waals surface area contributed by atoms with E-state index >= 15 is 0 Å². The highest BCUT2D eigenvalue weighted by molar-refractivity contribution is 7.98. The molecule has 1 saturated carbocycles. The van der Waals surface area contributed by atoms with E-state index in [1.165, 1.54) is 50.1 Å². The first-order valence-electron chi connectivity index (χ1n) is 12.1. The van der Waals surface area contributed by atoms with Crippen LogP contribution in [0, 0.1) is 10.8 Å². The van der Waals surface area contributed by atoms with Gasteiger partial charge in [-0.1, -0.05) is 52.0 Å². The summed E-state index contributed by atoms with van der Waals surface area (Å²) in [6.07, 6.45) is 5.60. The number of hydrogen-bond donors (Lipinski definition) is 1. The minimum atomic E-state index is -0.0611. The fraction of sp³-hybridized carbons (Fsp3) is 0.355. The van der Waals surface area contributed by atoms with E-state index in [1.807, 2.05) is 0 Å². The number of thiophene rings is 1. The van der Waals surface area contributed by atoms with E-state index in [-0.39, 0.29) is 16.2 Å².